The van der Waals surface area contributed by atoms with Crippen LogP contribution in [0.1, 0.15) is 41.7 Å². The summed E-state index contributed by atoms with van der Waals surface area (Å²) in [4.78, 5) is 16.0. The number of anilines is 1. The van der Waals surface area contributed by atoms with E-state index in [1.54, 1.807) is 12.3 Å². The first-order valence-electron chi connectivity index (χ1n) is 6.64. The number of aryl methyl sites for hydroxylation is 1. The lowest BCUT2D eigenvalue weighted by Crippen LogP contribution is -2.25. The average molecular weight is 281 g/mol. The van der Waals surface area contributed by atoms with Crippen molar-refractivity contribution >= 4 is 23.4 Å². The number of carbonyl (C=O) groups is 1. The van der Waals surface area contributed by atoms with Crippen molar-refractivity contribution in [3.05, 3.63) is 23.5 Å². The number of nitrogens with one attached hydrogen (secondary N) is 1. The van der Waals surface area contributed by atoms with Crippen LogP contribution in [0.3, 0.4) is 0 Å². The Balaban J connectivity index is 2.24. The smallest absolute Gasteiger partial charge is 0.254 e. The quantitative estimate of drug-likeness (QED) is 0.719. The van der Waals surface area contributed by atoms with Crippen LogP contribution in [0.2, 0.25) is 0 Å². The van der Waals surface area contributed by atoms with E-state index >= 15 is 0 Å². The van der Waals surface area contributed by atoms with Gasteiger partial charge in [0.15, 0.2) is 0 Å². The number of amides is 1. The van der Waals surface area contributed by atoms with Crippen LogP contribution in [-0.2, 0) is 0 Å². The molecular weight excluding hydrogens is 258 g/mol. The van der Waals surface area contributed by atoms with Gasteiger partial charge in [-0.1, -0.05) is 12.8 Å². The zero-order valence-corrected chi connectivity index (χ0v) is 12.6. The van der Waals surface area contributed by atoms with Gasteiger partial charge in [-0.2, -0.15) is 11.8 Å². The van der Waals surface area contributed by atoms with Crippen LogP contribution < -0.4 is 11.1 Å². The number of thioether (sulfide) groups is 1. The molecule has 1 aromatic rings. The van der Waals surface area contributed by atoms with Gasteiger partial charge in [-0.25, -0.2) is 0 Å². The second-order valence-electron chi connectivity index (χ2n) is 4.58. The number of unbranched alkanes of at least 4 members (excludes halogenated alkanes) is 3. The van der Waals surface area contributed by atoms with Crippen molar-refractivity contribution in [2.75, 3.05) is 24.3 Å². The maximum absolute atomic E-state index is 11.9. The Morgan fingerprint density at radius 2 is 2.11 bits per heavy atom. The Labute approximate surface area is 119 Å². The number of nitrogens with zero attached hydrogens (tertiary/aromatic N) is 1. The number of hydrogen-bond acceptors (Lipinski definition) is 4. The summed E-state index contributed by atoms with van der Waals surface area (Å²) in [6.07, 6.45) is 8.31. The summed E-state index contributed by atoms with van der Waals surface area (Å²) in [7, 11) is 0. The summed E-state index contributed by atoms with van der Waals surface area (Å²) in [5.41, 5.74) is 7.58. The zero-order valence-electron chi connectivity index (χ0n) is 11.7. The molecule has 0 aliphatic rings. The number of pyridine rings is 1. The molecular formula is C14H23N3OS. The molecule has 0 aliphatic heterocycles. The molecule has 0 fully saturated rings. The molecule has 4 nitrogen and oxygen atoms in total. The molecule has 0 unspecified atom stereocenters. The minimum atomic E-state index is -0.130. The fourth-order valence-corrected chi connectivity index (χ4v) is 2.29. The molecule has 0 aliphatic carbocycles. The van der Waals surface area contributed by atoms with E-state index in [2.05, 4.69) is 16.6 Å². The van der Waals surface area contributed by atoms with E-state index in [9.17, 15) is 4.79 Å². The molecule has 3 N–H and O–H groups in total. The number of hydrogen-bond donors (Lipinski definition) is 2. The molecule has 0 spiro atoms. The van der Waals surface area contributed by atoms with Crippen molar-refractivity contribution < 1.29 is 4.79 Å². The van der Waals surface area contributed by atoms with Crippen LogP contribution >= 0.6 is 11.8 Å². The van der Waals surface area contributed by atoms with Gasteiger partial charge < -0.3 is 11.1 Å². The van der Waals surface area contributed by atoms with Gasteiger partial charge in [0.2, 0.25) is 0 Å². The molecule has 0 saturated heterocycles. The molecule has 1 heterocycles. The van der Waals surface area contributed by atoms with Crippen molar-refractivity contribution in [3.63, 3.8) is 0 Å². The fourth-order valence-electron chi connectivity index (χ4n) is 1.79. The van der Waals surface area contributed by atoms with Crippen molar-refractivity contribution in [1.29, 1.82) is 0 Å². The highest BCUT2D eigenvalue weighted by atomic mass is 32.2. The van der Waals surface area contributed by atoms with E-state index in [1.165, 1.54) is 18.6 Å². The van der Waals surface area contributed by atoms with Crippen LogP contribution in [0, 0.1) is 6.92 Å². The van der Waals surface area contributed by atoms with Gasteiger partial charge in [-0.3, -0.25) is 9.78 Å². The van der Waals surface area contributed by atoms with Gasteiger partial charge in [0.1, 0.15) is 0 Å². The van der Waals surface area contributed by atoms with Crippen molar-refractivity contribution in [2.24, 2.45) is 0 Å². The third-order valence-electron chi connectivity index (χ3n) is 2.88. The molecule has 1 rings (SSSR count). The second kappa shape index (κ2) is 8.80. The first kappa shape index (κ1) is 15.8. The van der Waals surface area contributed by atoms with Gasteiger partial charge in [0.25, 0.3) is 5.91 Å². The standard InChI is InChI=1S/C14H23N3OS/c1-11-9-13(15)12(10-17-11)14(18)16-7-5-3-4-6-8-19-2/h9-10H,3-8H2,1-2H3,(H2,15,17)(H,16,18). The van der Waals surface area contributed by atoms with Gasteiger partial charge in [-0.05, 0) is 37.8 Å². The number of aromatic nitrogens is 1. The molecule has 1 aromatic heterocycles. The lowest BCUT2D eigenvalue weighted by molar-refractivity contribution is 0.0953. The lowest BCUT2D eigenvalue weighted by atomic mass is 10.2. The Hall–Kier alpha value is -1.23. The van der Waals surface area contributed by atoms with Crippen molar-refractivity contribution in [3.8, 4) is 0 Å². The van der Waals surface area contributed by atoms with Crippen molar-refractivity contribution in [1.82, 2.24) is 10.3 Å². The zero-order chi connectivity index (χ0) is 14.1. The maximum Gasteiger partial charge on any atom is 0.254 e. The van der Waals surface area contributed by atoms with Crippen LogP contribution in [0.5, 0.6) is 0 Å². The summed E-state index contributed by atoms with van der Waals surface area (Å²) < 4.78 is 0. The topological polar surface area (TPSA) is 68.0 Å². The highest BCUT2D eigenvalue weighted by molar-refractivity contribution is 7.98. The number of carbonyl (C=O) groups excluding carboxylic acids is 1. The Morgan fingerprint density at radius 1 is 1.37 bits per heavy atom. The van der Waals surface area contributed by atoms with Crippen LogP contribution in [0.15, 0.2) is 12.3 Å². The van der Waals surface area contributed by atoms with Crippen LogP contribution in [0.4, 0.5) is 5.69 Å². The average Bonchev–Trinajstić information content (AvgIpc) is 2.37. The third-order valence-corrected chi connectivity index (χ3v) is 3.58. The molecule has 0 atom stereocenters. The van der Waals surface area contributed by atoms with Gasteiger partial charge in [0, 0.05) is 24.1 Å². The minimum Gasteiger partial charge on any atom is -0.398 e. The van der Waals surface area contributed by atoms with E-state index in [0.29, 0.717) is 17.8 Å². The highest BCUT2D eigenvalue weighted by Crippen LogP contribution is 2.11. The Morgan fingerprint density at radius 3 is 2.79 bits per heavy atom. The largest absolute Gasteiger partial charge is 0.398 e. The van der Waals surface area contributed by atoms with Gasteiger partial charge >= 0.3 is 0 Å². The van der Waals surface area contributed by atoms with E-state index in [4.69, 9.17) is 5.73 Å². The maximum atomic E-state index is 11.9. The number of nitrogen functional groups attached to an aromatic ring is 1. The highest BCUT2D eigenvalue weighted by Gasteiger charge is 2.09. The monoisotopic (exact) mass is 281 g/mol. The Bertz CT molecular complexity index is 410. The molecule has 0 saturated carbocycles. The van der Waals surface area contributed by atoms with Crippen molar-refractivity contribution in [2.45, 2.75) is 32.6 Å². The van der Waals surface area contributed by atoms with Crippen LogP contribution in [-0.4, -0.2) is 29.4 Å². The first-order valence-corrected chi connectivity index (χ1v) is 8.03. The summed E-state index contributed by atoms with van der Waals surface area (Å²) in [6, 6.07) is 1.72. The predicted molar refractivity (Wildman–Crippen MR) is 82.6 cm³/mol. The molecule has 0 aromatic carbocycles. The van der Waals surface area contributed by atoms with E-state index in [0.717, 1.165) is 18.5 Å². The number of rotatable bonds is 8. The Kier molecular flexibility index (Phi) is 7.33. The molecule has 0 radical (unpaired) electrons. The summed E-state index contributed by atoms with van der Waals surface area (Å²) >= 11 is 1.88. The minimum absolute atomic E-state index is 0.130. The summed E-state index contributed by atoms with van der Waals surface area (Å²) in [5, 5.41) is 2.89. The van der Waals surface area contributed by atoms with E-state index in [1.807, 2.05) is 18.7 Å². The molecule has 0 bridgehead atoms. The number of nitrogens with two attached hydrogens (primary N) is 1. The third kappa shape index (κ3) is 5.96. The molecule has 5 heteroatoms. The lowest BCUT2D eigenvalue weighted by Gasteiger charge is -2.07. The normalized spacial score (nSPS) is 10.4. The van der Waals surface area contributed by atoms with Crippen LogP contribution in [0.25, 0.3) is 0 Å². The van der Waals surface area contributed by atoms with E-state index in [-0.39, 0.29) is 5.91 Å². The summed E-state index contributed by atoms with van der Waals surface area (Å²) in [6.45, 7) is 2.55. The summed E-state index contributed by atoms with van der Waals surface area (Å²) in [5.74, 6) is 1.09. The van der Waals surface area contributed by atoms with Gasteiger partial charge in [-0.15, -0.1) is 0 Å². The SMILES string of the molecule is CSCCCCCCNC(=O)c1cnc(C)cc1N. The fraction of sp³-hybridized carbons (Fsp3) is 0.571. The molecule has 19 heavy (non-hydrogen) atoms. The first-order chi connectivity index (χ1) is 9.15. The molecule has 106 valence electrons. The van der Waals surface area contributed by atoms with E-state index < -0.39 is 0 Å². The molecule has 1 amide bonds. The second-order valence-corrected chi connectivity index (χ2v) is 5.56. The van der Waals surface area contributed by atoms with Gasteiger partial charge in [0.05, 0.1) is 5.56 Å². The predicted octanol–water partition coefficient (Wildman–Crippen LogP) is 2.63.